The Morgan fingerprint density at radius 2 is 2.24 bits per heavy atom. The second-order valence-electron chi connectivity index (χ2n) is 6.16. The maximum absolute atomic E-state index is 12.5. The van der Waals surface area contributed by atoms with Crippen molar-refractivity contribution in [3.05, 3.63) is 21.0 Å². The Kier molecular flexibility index (Phi) is 4.95. The normalized spacial score (nSPS) is 22.2. The summed E-state index contributed by atoms with van der Waals surface area (Å²) >= 11 is 3.44. The van der Waals surface area contributed by atoms with Crippen LogP contribution in [-0.2, 0) is 6.54 Å². The van der Waals surface area contributed by atoms with Gasteiger partial charge >= 0.3 is 0 Å². The second-order valence-corrected chi connectivity index (χ2v) is 7.01. The van der Waals surface area contributed by atoms with Gasteiger partial charge in [0.15, 0.2) is 0 Å². The molecule has 2 heterocycles. The summed E-state index contributed by atoms with van der Waals surface area (Å²) in [5, 5.41) is 11.0. The monoisotopic (exact) mass is 354 g/mol. The number of nitrogens with zero attached hydrogens (tertiary/aromatic N) is 2. The number of rotatable bonds is 6. The summed E-state index contributed by atoms with van der Waals surface area (Å²) in [6, 6.07) is 0.593. The Bertz CT molecular complexity index is 535. The van der Waals surface area contributed by atoms with E-state index in [0.717, 1.165) is 30.5 Å². The Morgan fingerprint density at radius 1 is 1.38 bits per heavy atom. The molecule has 0 bridgehead atoms. The molecule has 2 N–H and O–H groups in total. The van der Waals surface area contributed by atoms with Gasteiger partial charge in [0, 0.05) is 19.1 Å². The number of halogens is 1. The lowest BCUT2D eigenvalue weighted by atomic mass is 9.85. The SMILES string of the molecule is O=c1c(NCC[C@@H]2CCCN2)c(Br)cnn1CC1CCC1. The van der Waals surface area contributed by atoms with E-state index in [0.29, 0.717) is 17.6 Å². The molecule has 1 saturated carbocycles. The number of hydrogen-bond acceptors (Lipinski definition) is 4. The van der Waals surface area contributed by atoms with E-state index in [1.807, 2.05) is 0 Å². The third kappa shape index (κ3) is 3.66. The predicted molar refractivity (Wildman–Crippen MR) is 87.7 cm³/mol. The van der Waals surface area contributed by atoms with Crippen molar-refractivity contribution < 1.29 is 0 Å². The lowest BCUT2D eigenvalue weighted by Crippen LogP contribution is -2.31. The van der Waals surface area contributed by atoms with Gasteiger partial charge in [-0.05, 0) is 60.5 Å². The number of aromatic nitrogens is 2. The highest BCUT2D eigenvalue weighted by atomic mass is 79.9. The lowest BCUT2D eigenvalue weighted by molar-refractivity contribution is 0.262. The molecule has 3 rings (SSSR count). The molecule has 6 heteroatoms. The Balaban J connectivity index is 1.62. The van der Waals surface area contributed by atoms with Crippen molar-refractivity contribution in [2.75, 3.05) is 18.4 Å². The van der Waals surface area contributed by atoms with E-state index in [2.05, 4.69) is 31.7 Å². The second kappa shape index (κ2) is 6.92. The molecule has 2 aliphatic rings. The van der Waals surface area contributed by atoms with Gasteiger partial charge in [0.1, 0.15) is 5.69 Å². The van der Waals surface area contributed by atoms with Crippen molar-refractivity contribution >= 4 is 21.6 Å². The first kappa shape index (κ1) is 15.0. The molecule has 0 radical (unpaired) electrons. The van der Waals surface area contributed by atoms with E-state index in [1.165, 1.54) is 32.1 Å². The van der Waals surface area contributed by atoms with Gasteiger partial charge in [-0.15, -0.1) is 0 Å². The first-order valence-corrected chi connectivity index (χ1v) is 8.76. The van der Waals surface area contributed by atoms with Gasteiger partial charge in [0.05, 0.1) is 10.7 Å². The smallest absolute Gasteiger partial charge is 0.291 e. The van der Waals surface area contributed by atoms with Crippen LogP contribution in [0.1, 0.15) is 38.5 Å². The van der Waals surface area contributed by atoms with Crippen LogP contribution in [0.4, 0.5) is 5.69 Å². The van der Waals surface area contributed by atoms with E-state index in [1.54, 1.807) is 10.9 Å². The minimum Gasteiger partial charge on any atom is -0.380 e. The molecule has 0 unspecified atom stereocenters. The highest BCUT2D eigenvalue weighted by Gasteiger charge is 2.20. The van der Waals surface area contributed by atoms with Crippen molar-refractivity contribution in [3.8, 4) is 0 Å². The van der Waals surface area contributed by atoms with Crippen LogP contribution in [0.3, 0.4) is 0 Å². The standard InChI is InChI=1S/C15H23BrN4O/c16-13-9-19-20(10-11-3-1-4-11)15(21)14(13)18-8-6-12-5-2-7-17-12/h9,11-12,17-18H,1-8,10H2/t12-/m0/s1. The summed E-state index contributed by atoms with van der Waals surface area (Å²) in [6.07, 6.45) is 9.02. The van der Waals surface area contributed by atoms with Crippen LogP contribution in [-0.4, -0.2) is 28.9 Å². The minimum absolute atomic E-state index is 0.00402. The van der Waals surface area contributed by atoms with Crippen LogP contribution in [0.2, 0.25) is 0 Å². The lowest BCUT2D eigenvalue weighted by Gasteiger charge is -2.25. The molecule has 1 aromatic rings. The molecule has 1 aromatic heterocycles. The summed E-state index contributed by atoms with van der Waals surface area (Å²) < 4.78 is 2.38. The summed E-state index contributed by atoms with van der Waals surface area (Å²) in [7, 11) is 0. The molecule has 1 aliphatic heterocycles. The zero-order valence-corrected chi connectivity index (χ0v) is 13.9. The van der Waals surface area contributed by atoms with Crippen LogP contribution < -0.4 is 16.2 Å². The van der Waals surface area contributed by atoms with E-state index < -0.39 is 0 Å². The topological polar surface area (TPSA) is 59.0 Å². The molecule has 116 valence electrons. The predicted octanol–water partition coefficient (Wildman–Crippen LogP) is 2.36. The van der Waals surface area contributed by atoms with Crippen LogP contribution in [0.25, 0.3) is 0 Å². The first-order valence-electron chi connectivity index (χ1n) is 7.97. The van der Waals surface area contributed by atoms with Crippen molar-refractivity contribution in [1.82, 2.24) is 15.1 Å². The van der Waals surface area contributed by atoms with Gasteiger partial charge < -0.3 is 10.6 Å². The van der Waals surface area contributed by atoms with Crippen molar-refractivity contribution in [2.45, 2.75) is 51.1 Å². The average molecular weight is 355 g/mol. The van der Waals surface area contributed by atoms with Crippen molar-refractivity contribution in [2.24, 2.45) is 5.92 Å². The molecule has 2 fully saturated rings. The number of nitrogens with one attached hydrogen (secondary N) is 2. The van der Waals surface area contributed by atoms with Gasteiger partial charge in [-0.3, -0.25) is 4.79 Å². The number of anilines is 1. The summed E-state index contributed by atoms with van der Waals surface area (Å²) in [6.45, 7) is 2.70. The maximum Gasteiger partial charge on any atom is 0.291 e. The zero-order valence-electron chi connectivity index (χ0n) is 12.3. The Morgan fingerprint density at radius 3 is 2.90 bits per heavy atom. The van der Waals surface area contributed by atoms with E-state index in [4.69, 9.17) is 0 Å². The molecule has 5 nitrogen and oxygen atoms in total. The van der Waals surface area contributed by atoms with Crippen molar-refractivity contribution in [1.29, 1.82) is 0 Å². The minimum atomic E-state index is -0.00402. The number of hydrogen-bond donors (Lipinski definition) is 2. The zero-order chi connectivity index (χ0) is 14.7. The van der Waals surface area contributed by atoms with Gasteiger partial charge in [-0.2, -0.15) is 5.10 Å². The molecule has 0 aromatic carbocycles. The van der Waals surface area contributed by atoms with Crippen LogP contribution in [0, 0.1) is 5.92 Å². The van der Waals surface area contributed by atoms with Crippen LogP contribution >= 0.6 is 15.9 Å². The van der Waals surface area contributed by atoms with Crippen LogP contribution in [0.5, 0.6) is 0 Å². The van der Waals surface area contributed by atoms with Gasteiger partial charge in [-0.1, -0.05) is 6.42 Å². The molecule has 0 spiro atoms. The third-order valence-electron chi connectivity index (χ3n) is 4.61. The molecule has 1 atom stereocenters. The molecule has 1 aliphatic carbocycles. The molecule has 1 saturated heterocycles. The molecular formula is C15H23BrN4O. The van der Waals surface area contributed by atoms with E-state index in [-0.39, 0.29) is 5.56 Å². The van der Waals surface area contributed by atoms with Gasteiger partial charge in [-0.25, -0.2) is 4.68 Å². The highest BCUT2D eigenvalue weighted by Crippen LogP contribution is 2.27. The fraction of sp³-hybridized carbons (Fsp3) is 0.733. The quantitative estimate of drug-likeness (QED) is 0.823. The molecule has 0 amide bonds. The third-order valence-corrected chi connectivity index (χ3v) is 5.21. The summed E-state index contributed by atoms with van der Waals surface area (Å²) in [4.78, 5) is 12.5. The van der Waals surface area contributed by atoms with Crippen molar-refractivity contribution in [3.63, 3.8) is 0 Å². The van der Waals surface area contributed by atoms with E-state index in [9.17, 15) is 4.79 Å². The molecular weight excluding hydrogens is 332 g/mol. The summed E-state index contributed by atoms with van der Waals surface area (Å²) in [5.74, 6) is 0.631. The first-order chi connectivity index (χ1) is 10.2. The van der Waals surface area contributed by atoms with Crippen LogP contribution in [0.15, 0.2) is 15.5 Å². The average Bonchev–Trinajstić information content (AvgIpc) is 2.93. The molecule has 21 heavy (non-hydrogen) atoms. The Labute approximate surface area is 133 Å². The van der Waals surface area contributed by atoms with Gasteiger partial charge in [0.2, 0.25) is 0 Å². The fourth-order valence-electron chi connectivity index (χ4n) is 3.05. The fourth-order valence-corrected chi connectivity index (χ4v) is 3.45. The largest absolute Gasteiger partial charge is 0.380 e. The Hall–Kier alpha value is -0.880. The maximum atomic E-state index is 12.5. The van der Waals surface area contributed by atoms with Gasteiger partial charge in [0.25, 0.3) is 5.56 Å². The van der Waals surface area contributed by atoms with E-state index >= 15 is 0 Å². The highest BCUT2D eigenvalue weighted by molar-refractivity contribution is 9.10. The summed E-state index contributed by atoms with van der Waals surface area (Å²) in [5.41, 5.74) is 0.651.